The van der Waals surface area contributed by atoms with E-state index in [0.717, 1.165) is 22.7 Å². The summed E-state index contributed by atoms with van der Waals surface area (Å²) in [6.07, 6.45) is 0.851. The molecule has 0 heterocycles. The molecule has 0 saturated heterocycles. The average Bonchev–Trinajstić information content (AvgIpc) is 2.12. The SMILES string of the molecule is CCC(C[SiH3])OC(=O)C(C)=C(Cl)Cl. The molecule has 0 aromatic carbocycles. The maximum Gasteiger partial charge on any atom is 0.336 e. The third-order valence-corrected chi connectivity index (χ3v) is 3.25. The van der Waals surface area contributed by atoms with Crippen LogP contribution in [0.1, 0.15) is 20.3 Å². The smallest absolute Gasteiger partial charge is 0.336 e. The largest absolute Gasteiger partial charge is 0.459 e. The molecule has 2 nitrogen and oxygen atoms in total. The molecule has 0 bridgehead atoms. The molecule has 5 heteroatoms. The predicted octanol–water partition coefficient (Wildman–Crippen LogP) is 1.80. The minimum Gasteiger partial charge on any atom is -0.459 e. The van der Waals surface area contributed by atoms with Gasteiger partial charge in [-0.15, -0.1) is 0 Å². The first-order chi connectivity index (χ1) is 6.02. The van der Waals surface area contributed by atoms with Crippen LogP contribution in [0.3, 0.4) is 0 Å². The van der Waals surface area contributed by atoms with E-state index in [2.05, 4.69) is 0 Å². The number of rotatable bonds is 4. The Morgan fingerprint density at radius 2 is 2.08 bits per heavy atom. The average molecular weight is 241 g/mol. The Labute approximate surface area is 91.7 Å². The van der Waals surface area contributed by atoms with Crippen LogP contribution < -0.4 is 0 Å². The lowest BCUT2D eigenvalue weighted by molar-refractivity contribution is -0.143. The summed E-state index contributed by atoms with van der Waals surface area (Å²) in [4.78, 5) is 11.3. The van der Waals surface area contributed by atoms with Crippen LogP contribution in [0.5, 0.6) is 0 Å². The highest BCUT2D eigenvalue weighted by Gasteiger charge is 2.14. The van der Waals surface area contributed by atoms with Gasteiger partial charge >= 0.3 is 5.97 Å². The van der Waals surface area contributed by atoms with Crippen LogP contribution in [0.4, 0.5) is 0 Å². The fourth-order valence-corrected chi connectivity index (χ4v) is 1.67. The molecule has 0 aliphatic heterocycles. The van der Waals surface area contributed by atoms with Crippen LogP contribution in [0.25, 0.3) is 0 Å². The summed E-state index contributed by atoms with van der Waals surface area (Å²) in [6.45, 7) is 3.54. The molecular weight excluding hydrogens is 227 g/mol. The van der Waals surface area contributed by atoms with E-state index >= 15 is 0 Å². The third kappa shape index (κ3) is 4.69. The summed E-state index contributed by atoms with van der Waals surface area (Å²) in [6, 6.07) is 0.940. The van der Waals surface area contributed by atoms with E-state index in [0.29, 0.717) is 0 Å². The zero-order valence-corrected chi connectivity index (χ0v) is 11.6. The minimum atomic E-state index is -0.414. The molecule has 0 aromatic rings. The van der Waals surface area contributed by atoms with Gasteiger partial charge in [-0.05, 0) is 19.4 Å². The molecular formula is C8H14Cl2O2Si. The van der Waals surface area contributed by atoms with Crippen LogP contribution in [0.15, 0.2) is 10.1 Å². The Kier molecular flexibility index (Phi) is 6.46. The lowest BCUT2D eigenvalue weighted by atomic mass is 10.3. The van der Waals surface area contributed by atoms with Crippen LogP contribution in [-0.4, -0.2) is 22.3 Å². The number of hydrogen-bond acceptors (Lipinski definition) is 2. The number of hydrogen-bond donors (Lipinski definition) is 0. The highest BCUT2D eigenvalue weighted by molar-refractivity contribution is 6.57. The molecule has 1 unspecified atom stereocenters. The molecule has 0 fully saturated rings. The Morgan fingerprint density at radius 1 is 1.54 bits per heavy atom. The van der Waals surface area contributed by atoms with Crippen molar-refractivity contribution in [3.05, 3.63) is 10.1 Å². The van der Waals surface area contributed by atoms with Gasteiger partial charge < -0.3 is 4.74 Å². The second kappa shape index (κ2) is 6.46. The summed E-state index contributed by atoms with van der Waals surface area (Å²) in [5.41, 5.74) is 0.275. The van der Waals surface area contributed by atoms with Gasteiger partial charge in [-0.2, -0.15) is 0 Å². The first-order valence-electron chi connectivity index (χ1n) is 4.25. The Bertz CT molecular complexity index is 208. The van der Waals surface area contributed by atoms with E-state index in [1.165, 1.54) is 0 Å². The number of carbonyl (C=O) groups excluding carboxylic acids is 1. The van der Waals surface area contributed by atoms with Crippen LogP contribution in [-0.2, 0) is 9.53 Å². The van der Waals surface area contributed by atoms with Crippen molar-refractivity contribution in [1.29, 1.82) is 0 Å². The van der Waals surface area contributed by atoms with Crippen LogP contribution in [0, 0.1) is 0 Å². The Morgan fingerprint density at radius 3 is 2.38 bits per heavy atom. The van der Waals surface area contributed by atoms with Crippen molar-refractivity contribution in [2.24, 2.45) is 0 Å². The summed E-state index contributed by atoms with van der Waals surface area (Å²) in [7, 11) is 1.02. The molecule has 0 aliphatic rings. The van der Waals surface area contributed by atoms with Gasteiger partial charge in [-0.3, -0.25) is 0 Å². The summed E-state index contributed by atoms with van der Waals surface area (Å²) >= 11 is 10.9. The van der Waals surface area contributed by atoms with Gasteiger partial charge in [0, 0.05) is 10.2 Å². The highest BCUT2D eigenvalue weighted by Crippen LogP contribution is 2.16. The third-order valence-electron chi connectivity index (χ3n) is 1.77. The topological polar surface area (TPSA) is 26.3 Å². The quantitative estimate of drug-likeness (QED) is 0.426. The zero-order chi connectivity index (χ0) is 10.4. The van der Waals surface area contributed by atoms with Gasteiger partial charge in [0.05, 0.1) is 11.7 Å². The van der Waals surface area contributed by atoms with Gasteiger partial charge in [0.2, 0.25) is 0 Å². The fraction of sp³-hybridized carbons (Fsp3) is 0.625. The summed E-state index contributed by atoms with van der Waals surface area (Å²) in [5, 5.41) is 0. The molecule has 1 atom stereocenters. The van der Waals surface area contributed by atoms with E-state index in [4.69, 9.17) is 27.9 Å². The van der Waals surface area contributed by atoms with Crippen molar-refractivity contribution in [3.63, 3.8) is 0 Å². The standard InChI is InChI=1S/C8H14Cl2O2Si/c1-3-6(4-13)12-8(11)5(2)7(9)10/h6H,3-4H2,1-2,13H3. The fourth-order valence-electron chi connectivity index (χ4n) is 0.772. The molecule has 0 saturated carbocycles. The maximum atomic E-state index is 11.3. The maximum absolute atomic E-state index is 11.3. The van der Waals surface area contributed by atoms with Crippen molar-refractivity contribution in [2.75, 3.05) is 0 Å². The molecule has 0 radical (unpaired) electrons. The Hall–Kier alpha value is 0.00688. The van der Waals surface area contributed by atoms with Gasteiger partial charge in [-0.25, -0.2) is 4.79 Å². The zero-order valence-electron chi connectivity index (χ0n) is 8.06. The number of ether oxygens (including phenoxy) is 1. The van der Waals surface area contributed by atoms with Crippen LogP contribution in [0.2, 0.25) is 6.04 Å². The van der Waals surface area contributed by atoms with Gasteiger partial charge in [0.1, 0.15) is 4.49 Å². The van der Waals surface area contributed by atoms with E-state index in [-0.39, 0.29) is 16.2 Å². The van der Waals surface area contributed by atoms with Crippen LogP contribution >= 0.6 is 23.2 Å². The predicted molar refractivity (Wildman–Crippen MR) is 59.3 cm³/mol. The van der Waals surface area contributed by atoms with Crippen molar-refractivity contribution in [1.82, 2.24) is 0 Å². The number of carbonyl (C=O) groups is 1. The first-order valence-corrected chi connectivity index (χ1v) is 6.42. The molecule has 0 aromatic heterocycles. The first kappa shape index (κ1) is 13.0. The minimum absolute atomic E-state index is 0.0156. The van der Waals surface area contributed by atoms with Crippen molar-refractivity contribution >= 4 is 39.4 Å². The molecule has 0 rings (SSSR count). The lowest BCUT2D eigenvalue weighted by Gasteiger charge is -2.13. The van der Waals surface area contributed by atoms with E-state index in [1.54, 1.807) is 6.92 Å². The van der Waals surface area contributed by atoms with Crippen molar-refractivity contribution in [2.45, 2.75) is 32.4 Å². The van der Waals surface area contributed by atoms with E-state index < -0.39 is 5.97 Å². The second-order valence-electron chi connectivity index (χ2n) is 2.73. The highest BCUT2D eigenvalue weighted by atomic mass is 35.5. The lowest BCUT2D eigenvalue weighted by Crippen LogP contribution is -2.17. The van der Waals surface area contributed by atoms with Gasteiger partial charge in [0.25, 0.3) is 0 Å². The summed E-state index contributed by atoms with van der Waals surface area (Å²) < 4.78 is 5.12. The number of esters is 1. The number of halogens is 2. The molecule has 0 aliphatic carbocycles. The Balaban J connectivity index is 4.23. The molecule has 76 valence electrons. The van der Waals surface area contributed by atoms with E-state index in [9.17, 15) is 4.79 Å². The molecule has 0 N–H and O–H groups in total. The van der Waals surface area contributed by atoms with Gasteiger partial charge in [-0.1, -0.05) is 30.1 Å². The van der Waals surface area contributed by atoms with Gasteiger partial charge in [0.15, 0.2) is 0 Å². The normalized spacial score (nSPS) is 12.3. The summed E-state index contributed by atoms with van der Waals surface area (Å²) in [5.74, 6) is -0.414. The monoisotopic (exact) mass is 240 g/mol. The molecule has 0 amide bonds. The molecule has 0 spiro atoms. The van der Waals surface area contributed by atoms with E-state index in [1.807, 2.05) is 6.92 Å². The second-order valence-corrected chi connectivity index (χ2v) is 4.50. The van der Waals surface area contributed by atoms with Crippen molar-refractivity contribution < 1.29 is 9.53 Å². The van der Waals surface area contributed by atoms with Crippen molar-refractivity contribution in [3.8, 4) is 0 Å². The molecule has 13 heavy (non-hydrogen) atoms.